The average Bonchev–Trinajstić information content (AvgIpc) is 3.02. The number of aliphatic hydroxyl groups is 2. The van der Waals surface area contributed by atoms with E-state index in [0.717, 1.165) is 29.6 Å². The number of Topliss-reactive ketones (excluding diaryl/α,β-unsaturated/α-hetero) is 3. The lowest BCUT2D eigenvalue weighted by atomic mass is 9.52. The fourth-order valence-corrected chi connectivity index (χ4v) is 9.18. The summed E-state index contributed by atoms with van der Waals surface area (Å²) in [7, 11) is 1.30. The van der Waals surface area contributed by atoms with Gasteiger partial charge in [-0.1, -0.05) is 63.8 Å². The minimum atomic E-state index is -1.64. The molecule has 0 aromatic carbocycles. The number of ether oxygens (including phenoxy) is 2. The maximum Gasteiger partial charge on any atom is 0.313 e. The van der Waals surface area contributed by atoms with Gasteiger partial charge in [-0.2, -0.15) is 0 Å². The summed E-state index contributed by atoms with van der Waals surface area (Å²) in [6.45, 7) is 15.4. The molecule has 2 bridgehead atoms. The van der Waals surface area contributed by atoms with Gasteiger partial charge >= 0.3 is 5.97 Å². The summed E-state index contributed by atoms with van der Waals surface area (Å²) in [6.07, 6.45) is 6.46. The first kappa shape index (κ1) is 39.4. The van der Waals surface area contributed by atoms with Crippen LogP contribution in [-0.4, -0.2) is 64.6 Å². The van der Waals surface area contributed by atoms with Crippen molar-refractivity contribution in [3.8, 4) is 0 Å². The van der Waals surface area contributed by atoms with E-state index >= 15 is 0 Å². The van der Waals surface area contributed by atoms with Crippen molar-refractivity contribution in [1.82, 2.24) is 0 Å². The van der Waals surface area contributed by atoms with Gasteiger partial charge in [0.25, 0.3) is 0 Å². The quantitative estimate of drug-likeness (QED) is 0.234. The number of hydrogen-bond donors (Lipinski definition) is 2. The first-order valence-corrected chi connectivity index (χ1v) is 18.7. The third kappa shape index (κ3) is 8.39. The van der Waals surface area contributed by atoms with Gasteiger partial charge in [0.1, 0.15) is 17.3 Å². The van der Waals surface area contributed by atoms with Crippen molar-refractivity contribution in [2.24, 2.45) is 40.9 Å². The third-order valence-corrected chi connectivity index (χ3v) is 12.4. The Morgan fingerprint density at radius 1 is 1.00 bits per heavy atom. The Morgan fingerprint density at radius 2 is 1.69 bits per heavy atom. The van der Waals surface area contributed by atoms with Gasteiger partial charge in [0.15, 0.2) is 0 Å². The Kier molecular flexibility index (Phi) is 12.7. The van der Waals surface area contributed by atoms with Crippen LogP contribution in [0.25, 0.3) is 0 Å². The molecule has 2 aliphatic heterocycles. The molecule has 0 saturated heterocycles. The summed E-state index contributed by atoms with van der Waals surface area (Å²) < 4.78 is 12.0. The lowest BCUT2D eigenvalue weighted by Gasteiger charge is -2.50. The molecule has 8 heteroatoms. The van der Waals surface area contributed by atoms with Gasteiger partial charge in [0, 0.05) is 49.4 Å². The highest BCUT2D eigenvalue weighted by Crippen LogP contribution is 2.55. The predicted molar refractivity (Wildman–Crippen MR) is 189 cm³/mol. The molecule has 0 amide bonds. The lowest BCUT2D eigenvalue weighted by Crippen LogP contribution is -2.55. The Hall–Kier alpha value is -2.42. The standard InChI is InChI=1S/C41H62O8/c1-23(2)29-20-32(42)26(5)12-10-11-24(3)18-33(43)30-19-28(7)38-31(41(30,22-34(29)44)39(46)48-9)17-25(4)13-15-36-27(6)14-16-37(49-36)40(8,47)21-35(38)45/h14,17,23-24,26,29-31,35-37,45,47H,10-13,15-16,18-22H2,1-9H3/b25-17-/t24-,26+,29-,30+,31-,35+,36-,37+,40-,41+/m1/s1. The van der Waals surface area contributed by atoms with Crippen molar-refractivity contribution in [3.63, 3.8) is 0 Å². The molecular weight excluding hydrogens is 620 g/mol. The zero-order valence-corrected chi connectivity index (χ0v) is 31.5. The largest absolute Gasteiger partial charge is 0.469 e. The highest BCUT2D eigenvalue weighted by Gasteiger charge is 2.60. The summed E-state index contributed by atoms with van der Waals surface area (Å²) in [6, 6.07) is 0. The van der Waals surface area contributed by atoms with Crippen LogP contribution in [0.3, 0.4) is 0 Å². The fraction of sp³-hybridized carbons (Fsp3) is 0.756. The highest BCUT2D eigenvalue weighted by atomic mass is 16.5. The van der Waals surface area contributed by atoms with Crippen LogP contribution in [0.1, 0.15) is 126 Å². The average molecular weight is 683 g/mol. The summed E-state index contributed by atoms with van der Waals surface area (Å²) >= 11 is 0. The number of esters is 1. The molecule has 1 fully saturated rings. The molecule has 4 aliphatic rings. The van der Waals surface area contributed by atoms with Crippen LogP contribution in [0, 0.1) is 40.9 Å². The van der Waals surface area contributed by atoms with E-state index in [0.29, 0.717) is 31.3 Å². The van der Waals surface area contributed by atoms with Crippen LogP contribution in [0.4, 0.5) is 0 Å². The van der Waals surface area contributed by atoms with Gasteiger partial charge in [-0.25, -0.2) is 0 Å². The number of aliphatic hydroxyl groups excluding tert-OH is 1. The topological polar surface area (TPSA) is 127 Å². The molecule has 274 valence electrons. The van der Waals surface area contributed by atoms with E-state index < -0.39 is 46.9 Å². The number of fused-ring (bicyclic) bond motifs is 5. The van der Waals surface area contributed by atoms with Crippen molar-refractivity contribution in [3.05, 3.63) is 34.4 Å². The normalized spacial score (nSPS) is 40.1. The molecule has 2 aliphatic carbocycles. The van der Waals surface area contributed by atoms with Crippen LogP contribution < -0.4 is 0 Å². The second kappa shape index (κ2) is 15.9. The first-order chi connectivity index (χ1) is 22.9. The van der Waals surface area contributed by atoms with Gasteiger partial charge in [-0.3, -0.25) is 19.2 Å². The fourth-order valence-electron chi connectivity index (χ4n) is 9.18. The van der Waals surface area contributed by atoms with Crippen molar-refractivity contribution < 1.29 is 38.9 Å². The molecular formula is C41H62O8. The number of carbonyl (C=O) groups is 4. The van der Waals surface area contributed by atoms with E-state index in [2.05, 4.69) is 6.08 Å². The van der Waals surface area contributed by atoms with Gasteiger partial charge < -0.3 is 19.7 Å². The number of rotatable bonds is 2. The Balaban J connectivity index is 1.98. The van der Waals surface area contributed by atoms with Crippen LogP contribution in [0.5, 0.6) is 0 Å². The maximum atomic E-state index is 14.7. The van der Waals surface area contributed by atoms with E-state index in [-0.39, 0.29) is 73.3 Å². The maximum absolute atomic E-state index is 14.7. The van der Waals surface area contributed by atoms with Crippen LogP contribution in [-0.2, 0) is 28.7 Å². The molecule has 0 spiro atoms. The summed E-state index contributed by atoms with van der Waals surface area (Å²) in [5.41, 5.74) is 0.359. The minimum Gasteiger partial charge on any atom is -0.469 e. The van der Waals surface area contributed by atoms with Gasteiger partial charge in [0.05, 0.1) is 36.4 Å². The minimum absolute atomic E-state index is 0.0304. The van der Waals surface area contributed by atoms with E-state index in [1.54, 1.807) is 6.92 Å². The summed E-state index contributed by atoms with van der Waals surface area (Å²) in [4.78, 5) is 57.3. The number of allylic oxidation sites excluding steroid dienone is 3. The molecule has 4 rings (SSSR count). The lowest BCUT2D eigenvalue weighted by molar-refractivity contribution is -0.167. The van der Waals surface area contributed by atoms with E-state index in [9.17, 15) is 29.4 Å². The molecule has 2 heterocycles. The second-order valence-corrected chi connectivity index (χ2v) is 16.7. The molecule has 10 atom stereocenters. The van der Waals surface area contributed by atoms with Crippen molar-refractivity contribution in [2.45, 2.75) is 150 Å². The van der Waals surface area contributed by atoms with Crippen LogP contribution >= 0.6 is 0 Å². The molecule has 0 radical (unpaired) electrons. The molecule has 2 N–H and O–H groups in total. The first-order valence-electron chi connectivity index (χ1n) is 18.7. The highest BCUT2D eigenvalue weighted by molar-refractivity contribution is 5.97. The Morgan fingerprint density at radius 3 is 2.35 bits per heavy atom. The SMILES string of the molecule is COC(=O)[C@@]12CC(=O)[C@@H](C(C)C)CC(=O)[C@@H](C)CCC[C@@H](C)CC(=O)[C@@H]1CC(C)=C1[C@H]2/C=C(/C)CC[C@H]2O[C@@H](CC=C2C)[C@](C)(O)C[C@@H]1O. The molecule has 8 nitrogen and oxygen atoms in total. The van der Waals surface area contributed by atoms with E-state index in [1.807, 2.05) is 54.5 Å². The number of ketones is 3. The van der Waals surface area contributed by atoms with Crippen molar-refractivity contribution in [2.75, 3.05) is 7.11 Å². The van der Waals surface area contributed by atoms with Crippen LogP contribution in [0.2, 0.25) is 0 Å². The van der Waals surface area contributed by atoms with E-state index in [4.69, 9.17) is 9.47 Å². The monoisotopic (exact) mass is 682 g/mol. The van der Waals surface area contributed by atoms with Gasteiger partial charge in [-0.05, 0) is 82.8 Å². The van der Waals surface area contributed by atoms with Gasteiger partial charge in [0.2, 0.25) is 0 Å². The number of methoxy groups -OCH3 is 1. The smallest absolute Gasteiger partial charge is 0.313 e. The van der Waals surface area contributed by atoms with Crippen molar-refractivity contribution in [1.29, 1.82) is 0 Å². The summed E-state index contributed by atoms with van der Waals surface area (Å²) in [5.74, 6) is -3.55. The zero-order chi connectivity index (χ0) is 36.4. The predicted octanol–water partition coefficient (Wildman–Crippen LogP) is 7.05. The number of hydrogen-bond acceptors (Lipinski definition) is 8. The molecule has 0 unspecified atom stereocenters. The molecule has 0 aromatic rings. The second-order valence-electron chi connectivity index (χ2n) is 16.7. The summed E-state index contributed by atoms with van der Waals surface area (Å²) in [5, 5.41) is 24.0. The third-order valence-electron chi connectivity index (χ3n) is 12.4. The van der Waals surface area contributed by atoms with Gasteiger partial charge in [-0.15, -0.1) is 0 Å². The Bertz CT molecular complexity index is 1370. The zero-order valence-electron chi connectivity index (χ0n) is 31.5. The molecule has 49 heavy (non-hydrogen) atoms. The van der Waals surface area contributed by atoms with E-state index in [1.165, 1.54) is 7.11 Å². The molecule has 0 aromatic heterocycles. The van der Waals surface area contributed by atoms with Crippen LogP contribution in [0.15, 0.2) is 34.4 Å². The number of carbonyl (C=O) groups excluding carboxylic acids is 4. The molecule has 1 saturated carbocycles. The van der Waals surface area contributed by atoms with Crippen molar-refractivity contribution >= 4 is 23.3 Å². The Labute approximate surface area is 294 Å².